The van der Waals surface area contributed by atoms with Gasteiger partial charge in [-0.2, -0.15) is 0 Å². The van der Waals surface area contributed by atoms with E-state index in [9.17, 15) is 9.59 Å². The summed E-state index contributed by atoms with van der Waals surface area (Å²) in [6, 6.07) is 8.91. The zero-order chi connectivity index (χ0) is 13.6. The van der Waals surface area contributed by atoms with Crippen LogP contribution in [0.25, 0.3) is 0 Å². The van der Waals surface area contributed by atoms with Gasteiger partial charge in [-0.25, -0.2) is 4.90 Å². The van der Waals surface area contributed by atoms with Crippen molar-refractivity contribution in [1.82, 2.24) is 0 Å². The number of para-hydroxylation sites is 1. The van der Waals surface area contributed by atoms with Crippen molar-refractivity contribution in [2.75, 3.05) is 4.90 Å². The standard InChI is InChI=1S/C14H14N2O3/c1-8(2)11-10-12(19-15-11)14(18)16(13(10)17)9-6-4-3-5-7-9/h3-8,10,12H,1-2H3. The zero-order valence-electron chi connectivity index (χ0n) is 10.7. The Hall–Kier alpha value is -2.17. The number of carbonyl (C=O) groups excluding carboxylic acids is 2. The normalized spacial score (nSPS) is 25.6. The number of anilines is 1. The number of benzene rings is 1. The summed E-state index contributed by atoms with van der Waals surface area (Å²) < 4.78 is 0. The fraction of sp³-hybridized carbons (Fsp3) is 0.357. The van der Waals surface area contributed by atoms with Crippen molar-refractivity contribution in [1.29, 1.82) is 0 Å². The summed E-state index contributed by atoms with van der Waals surface area (Å²) in [5.41, 5.74) is 1.24. The minimum absolute atomic E-state index is 0.0856. The highest BCUT2D eigenvalue weighted by atomic mass is 16.6. The molecule has 2 aliphatic heterocycles. The smallest absolute Gasteiger partial charge is 0.278 e. The Balaban J connectivity index is 1.98. The molecule has 2 amide bonds. The predicted molar refractivity (Wildman–Crippen MR) is 69.6 cm³/mol. The van der Waals surface area contributed by atoms with Crippen LogP contribution in [-0.4, -0.2) is 23.6 Å². The van der Waals surface area contributed by atoms with Crippen molar-refractivity contribution in [2.24, 2.45) is 17.0 Å². The van der Waals surface area contributed by atoms with Gasteiger partial charge in [0.05, 0.1) is 11.4 Å². The van der Waals surface area contributed by atoms with Gasteiger partial charge in [0.25, 0.3) is 5.91 Å². The van der Waals surface area contributed by atoms with Gasteiger partial charge in [0.1, 0.15) is 5.92 Å². The lowest BCUT2D eigenvalue weighted by Crippen LogP contribution is -2.33. The van der Waals surface area contributed by atoms with Crippen molar-refractivity contribution < 1.29 is 14.4 Å². The molecule has 0 N–H and O–H groups in total. The highest BCUT2D eigenvalue weighted by Crippen LogP contribution is 2.34. The molecule has 5 nitrogen and oxygen atoms in total. The third-order valence-electron chi connectivity index (χ3n) is 3.45. The van der Waals surface area contributed by atoms with Gasteiger partial charge >= 0.3 is 0 Å². The summed E-state index contributed by atoms with van der Waals surface area (Å²) in [5.74, 6) is -1.05. The molecule has 1 fully saturated rings. The first-order valence-electron chi connectivity index (χ1n) is 6.27. The fourth-order valence-electron chi connectivity index (χ4n) is 2.51. The van der Waals surface area contributed by atoms with Crippen molar-refractivity contribution >= 4 is 23.2 Å². The number of hydrogen-bond donors (Lipinski definition) is 0. The molecule has 3 rings (SSSR count). The van der Waals surface area contributed by atoms with E-state index in [-0.39, 0.29) is 17.7 Å². The van der Waals surface area contributed by atoms with E-state index in [1.807, 2.05) is 19.9 Å². The maximum Gasteiger partial charge on any atom is 0.278 e. The molecule has 0 aliphatic carbocycles. The molecule has 2 atom stereocenters. The first kappa shape index (κ1) is 11.9. The Morgan fingerprint density at radius 3 is 2.47 bits per heavy atom. The van der Waals surface area contributed by atoms with Gasteiger partial charge in [-0.3, -0.25) is 9.59 Å². The maximum absolute atomic E-state index is 12.5. The summed E-state index contributed by atoms with van der Waals surface area (Å²) in [7, 11) is 0. The van der Waals surface area contributed by atoms with Crippen molar-refractivity contribution in [3.05, 3.63) is 30.3 Å². The van der Waals surface area contributed by atoms with E-state index in [2.05, 4.69) is 5.16 Å². The minimum Gasteiger partial charge on any atom is -0.381 e. The van der Waals surface area contributed by atoms with Gasteiger partial charge in [-0.05, 0) is 18.1 Å². The van der Waals surface area contributed by atoms with Gasteiger partial charge in [0, 0.05) is 0 Å². The van der Waals surface area contributed by atoms with Crippen LogP contribution in [0.5, 0.6) is 0 Å². The van der Waals surface area contributed by atoms with E-state index < -0.39 is 12.0 Å². The average molecular weight is 258 g/mol. The largest absolute Gasteiger partial charge is 0.381 e. The predicted octanol–water partition coefficient (Wildman–Crippen LogP) is 1.59. The zero-order valence-corrected chi connectivity index (χ0v) is 10.7. The molecule has 1 aromatic carbocycles. The summed E-state index contributed by atoms with van der Waals surface area (Å²) in [6.45, 7) is 3.88. The number of carbonyl (C=O) groups is 2. The van der Waals surface area contributed by atoms with Crippen LogP contribution in [0.4, 0.5) is 5.69 Å². The molecule has 0 radical (unpaired) electrons. The molecular formula is C14H14N2O3. The third kappa shape index (κ3) is 1.65. The molecule has 2 heterocycles. The number of oxime groups is 1. The lowest BCUT2D eigenvalue weighted by atomic mass is 9.92. The van der Waals surface area contributed by atoms with E-state index in [0.29, 0.717) is 11.4 Å². The molecule has 0 spiro atoms. The van der Waals surface area contributed by atoms with Crippen LogP contribution in [0.1, 0.15) is 13.8 Å². The highest BCUT2D eigenvalue weighted by Gasteiger charge is 2.56. The van der Waals surface area contributed by atoms with Crippen LogP contribution < -0.4 is 4.90 Å². The lowest BCUT2D eigenvalue weighted by molar-refractivity contribution is -0.126. The molecule has 19 heavy (non-hydrogen) atoms. The van der Waals surface area contributed by atoms with Crippen LogP contribution in [0.2, 0.25) is 0 Å². The third-order valence-corrected chi connectivity index (χ3v) is 3.45. The number of imide groups is 1. The van der Waals surface area contributed by atoms with E-state index in [0.717, 1.165) is 0 Å². The molecule has 1 saturated heterocycles. The second-order valence-corrected chi connectivity index (χ2v) is 5.02. The van der Waals surface area contributed by atoms with E-state index in [4.69, 9.17) is 4.84 Å². The molecule has 0 aromatic heterocycles. The SMILES string of the molecule is CC(C)C1=NOC2C(=O)N(c3ccccc3)C(=O)C12. The van der Waals surface area contributed by atoms with Gasteiger partial charge in [0.15, 0.2) is 0 Å². The molecule has 5 heteroatoms. The van der Waals surface area contributed by atoms with Crippen LogP contribution in [0.3, 0.4) is 0 Å². The first-order valence-corrected chi connectivity index (χ1v) is 6.27. The van der Waals surface area contributed by atoms with Gasteiger partial charge < -0.3 is 4.84 Å². The monoisotopic (exact) mass is 258 g/mol. The second kappa shape index (κ2) is 4.19. The Bertz CT molecular complexity index is 565. The molecule has 0 bridgehead atoms. The van der Waals surface area contributed by atoms with Gasteiger partial charge in [-0.15, -0.1) is 0 Å². The Labute approximate surface area is 110 Å². The number of amides is 2. The Kier molecular flexibility index (Phi) is 2.62. The summed E-state index contributed by atoms with van der Waals surface area (Å²) in [5, 5.41) is 3.90. The molecule has 2 unspecified atom stereocenters. The minimum atomic E-state index is -0.787. The number of rotatable bonds is 2. The molecule has 98 valence electrons. The molecule has 2 aliphatic rings. The topological polar surface area (TPSA) is 59.0 Å². The number of nitrogens with zero attached hydrogens (tertiary/aromatic N) is 2. The summed E-state index contributed by atoms with van der Waals surface area (Å²) in [6.07, 6.45) is -0.787. The van der Waals surface area contributed by atoms with E-state index >= 15 is 0 Å². The Morgan fingerprint density at radius 1 is 1.16 bits per heavy atom. The lowest BCUT2D eigenvalue weighted by Gasteiger charge is -2.15. The Morgan fingerprint density at radius 2 is 1.84 bits per heavy atom. The van der Waals surface area contributed by atoms with Gasteiger partial charge in [-0.1, -0.05) is 37.2 Å². The molecule has 1 aromatic rings. The second-order valence-electron chi connectivity index (χ2n) is 5.02. The average Bonchev–Trinajstić information content (AvgIpc) is 2.93. The van der Waals surface area contributed by atoms with Gasteiger partial charge in [0.2, 0.25) is 12.0 Å². The van der Waals surface area contributed by atoms with Crippen molar-refractivity contribution in [3.8, 4) is 0 Å². The van der Waals surface area contributed by atoms with Crippen molar-refractivity contribution in [3.63, 3.8) is 0 Å². The summed E-state index contributed by atoms with van der Waals surface area (Å²) >= 11 is 0. The highest BCUT2D eigenvalue weighted by molar-refractivity contribution is 6.30. The molecular weight excluding hydrogens is 244 g/mol. The van der Waals surface area contributed by atoms with E-state index in [1.165, 1.54) is 4.90 Å². The van der Waals surface area contributed by atoms with Crippen LogP contribution in [0, 0.1) is 11.8 Å². The van der Waals surface area contributed by atoms with Crippen LogP contribution >= 0.6 is 0 Å². The fourth-order valence-corrected chi connectivity index (χ4v) is 2.51. The first-order chi connectivity index (χ1) is 9.11. The molecule has 0 saturated carbocycles. The van der Waals surface area contributed by atoms with E-state index in [1.54, 1.807) is 24.3 Å². The van der Waals surface area contributed by atoms with Crippen LogP contribution in [0.15, 0.2) is 35.5 Å². The van der Waals surface area contributed by atoms with Crippen LogP contribution in [-0.2, 0) is 14.4 Å². The summed E-state index contributed by atoms with van der Waals surface area (Å²) in [4.78, 5) is 31.1. The maximum atomic E-state index is 12.5. The quantitative estimate of drug-likeness (QED) is 0.757. The number of hydrogen-bond acceptors (Lipinski definition) is 4. The number of fused-ring (bicyclic) bond motifs is 1. The van der Waals surface area contributed by atoms with Crippen molar-refractivity contribution in [2.45, 2.75) is 20.0 Å².